The van der Waals surface area contributed by atoms with Gasteiger partial charge in [-0.2, -0.15) is 0 Å². The van der Waals surface area contributed by atoms with Crippen molar-refractivity contribution in [2.45, 2.75) is 90.9 Å². The Morgan fingerprint density at radius 3 is 2.26 bits per heavy atom. The topological polar surface area (TPSA) is 74.2 Å². The van der Waals surface area contributed by atoms with Crippen LogP contribution in [-0.4, -0.2) is 30.9 Å². The molecule has 1 fully saturated rings. The molecule has 31 heavy (non-hydrogen) atoms. The molecular formula is C25H37NO5. The van der Waals surface area contributed by atoms with Crippen LogP contribution in [0.2, 0.25) is 0 Å². The molecule has 0 N–H and O–H groups in total. The van der Waals surface area contributed by atoms with Gasteiger partial charge in [-0.3, -0.25) is 4.79 Å². The summed E-state index contributed by atoms with van der Waals surface area (Å²) in [5.74, 6) is -0.0102. The van der Waals surface area contributed by atoms with Crippen molar-refractivity contribution in [3.8, 4) is 5.75 Å². The zero-order valence-electron chi connectivity index (χ0n) is 19.1. The minimum atomic E-state index is -0.524. The molecule has 1 saturated heterocycles. The van der Waals surface area contributed by atoms with Crippen molar-refractivity contribution in [1.82, 2.24) is 0 Å². The molecule has 6 nitrogen and oxygen atoms in total. The first-order valence-electron chi connectivity index (χ1n) is 11.7. The summed E-state index contributed by atoms with van der Waals surface area (Å²) < 4.78 is 10.8. The van der Waals surface area contributed by atoms with Crippen LogP contribution in [-0.2, 0) is 19.2 Å². The van der Waals surface area contributed by atoms with Gasteiger partial charge >= 0.3 is 11.9 Å². The van der Waals surface area contributed by atoms with Gasteiger partial charge in [0.05, 0.1) is 12.3 Å². The Kier molecular flexibility index (Phi) is 11.7. The second kappa shape index (κ2) is 14.6. The Bertz CT molecular complexity index is 729. The van der Waals surface area contributed by atoms with Gasteiger partial charge in [0, 0.05) is 6.42 Å². The van der Waals surface area contributed by atoms with Crippen LogP contribution in [0, 0.1) is 13.8 Å². The summed E-state index contributed by atoms with van der Waals surface area (Å²) in [6.45, 7) is 4.22. The highest BCUT2D eigenvalue weighted by molar-refractivity contribution is 5.85. The monoisotopic (exact) mass is 431 g/mol. The zero-order chi connectivity index (χ0) is 22.3. The standard InChI is InChI=1S/C25H37NO5/c1-20-15-16-23(18-21(20)2)30-19-25(28)31-26-22-12-9-7-5-3-4-6-8-10-14-24(27)29-17-11-13-22/h15-16,18H,3-14,17,19H2,1-2H3/b26-22-. The van der Waals surface area contributed by atoms with E-state index < -0.39 is 5.97 Å². The normalized spacial score (nSPS) is 18.9. The quantitative estimate of drug-likeness (QED) is 0.341. The molecule has 0 atom stereocenters. The SMILES string of the molecule is Cc1ccc(OCC(=O)O/N=C2/CCCCCCCCCCC(=O)OCCC2)cc1C. The maximum atomic E-state index is 12.1. The molecule has 0 aromatic heterocycles. The van der Waals surface area contributed by atoms with Gasteiger partial charge in [-0.15, -0.1) is 0 Å². The third-order valence-electron chi connectivity index (χ3n) is 5.58. The van der Waals surface area contributed by atoms with E-state index >= 15 is 0 Å². The molecule has 0 spiro atoms. The van der Waals surface area contributed by atoms with Crippen molar-refractivity contribution in [2.75, 3.05) is 13.2 Å². The number of aryl methyl sites for hydroxylation is 2. The van der Waals surface area contributed by atoms with E-state index in [1.54, 1.807) is 0 Å². The summed E-state index contributed by atoms with van der Waals surface area (Å²) in [5, 5.41) is 4.10. The second-order valence-electron chi connectivity index (χ2n) is 8.31. The first-order valence-corrected chi connectivity index (χ1v) is 11.7. The van der Waals surface area contributed by atoms with Crippen LogP contribution >= 0.6 is 0 Å². The molecule has 0 aliphatic carbocycles. The van der Waals surface area contributed by atoms with Gasteiger partial charge < -0.3 is 14.3 Å². The minimum Gasteiger partial charge on any atom is -0.482 e. The number of hydrogen-bond donors (Lipinski definition) is 0. The second-order valence-corrected chi connectivity index (χ2v) is 8.31. The number of cyclic esters (lactones) is 1. The maximum Gasteiger partial charge on any atom is 0.372 e. The number of oxime groups is 1. The van der Waals surface area contributed by atoms with E-state index in [0.717, 1.165) is 43.4 Å². The van der Waals surface area contributed by atoms with E-state index in [4.69, 9.17) is 14.3 Å². The smallest absolute Gasteiger partial charge is 0.372 e. The number of rotatable bonds is 4. The van der Waals surface area contributed by atoms with Crippen LogP contribution in [0.3, 0.4) is 0 Å². The minimum absolute atomic E-state index is 0.125. The Labute approximate surface area is 186 Å². The van der Waals surface area contributed by atoms with Crippen LogP contribution < -0.4 is 4.74 Å². The predicted molar refractivity (Wildman–Crippen MR) is 121 cm³/mol. The molecule has 0 saturated carbocycles. The summed E-state index contributed by atoms with van der Waals surface area (Å²) in [4.78, 5) is 28.9. The Morgan fingerprint density at radius 1 is 0.903 bits per heavy atom. The van der Waals surface area contributed by atoms with Crippen molar-refractivity contribution in [3.05, 3.63) is 29.3 Å². The average molecular weight is 432 g/mol. The first kappa shape index (κ1) is 24.9. The lowest BCUT2D eigenvalue weighted by Gasteiger charge is -2.09. The van der Waals surface area contributed by atoms with E-state index in [1.165, 1.54) is 31.2 Å². The number of nitrogens with zero attached hydrogens (tertiary/aromatic N) is 1. The van der Waals surface area contributed by atoms with Crippen molar-refractivity contribution in [1.29, 1.82) is 0 Å². The van der Waals surface area contributed by atoms with Gasteiger partial charge in [0.25, 0.3) is 0 Å². The Morgan fingerprint density at radius 2 is 1.55 bits per heavy atom. The van der Waals surface area contributed by atoms with E-state index in [-0.39, 0.29) is 12.6 Å². The van der Waals surface area contributed by atoms with E-state index in [0.29, 0.717) is 31.6 Å². The van der Waals surface area contributed by atoms with Gasteiger partial charge in [-0.25, -0.2) is 4.79 Å². The summed E-state index contributed by atoms with van der Waals surface area (Å²) in [6.07, 6.45) is 11.6. The van der Waals surface area contributed by atoms with Crippen molar-refractivity contribution in [2.24, 2.45) is 5.16 Å². The van der Waals surface area contributed by atoms with Gasteiger partial charge in [0.15, 0.2) is 6.61 Å². The fourth-order valence-corrected chi connectivity index (χ4v) is 3.50. The zero-order valence-corrected chi connectivity index (χ0v) is 19.1. The molecule has 6 heteroatoms. The molecule has 1 aromatic rings. The van der Waals surface area contributed by atoms with Crippen LogP contribution in [0.5, 0.6) is 5.75 Å². The molecule has 0 amide bonds. The van der Waals surface area contributed by atoms with Crippen molar-refractivity contribution >= 4 is 17.7 Å². The summed E-state index contributed by atoms with van der Waals surface area (Å²) in [5.41, 5.74) is 3.12. The number of benzene rings is 1. The average Bonchev–Trinajstić information content (AvgIpc) is 2.75. The number of esters is 1. The number of carbonyl (C=O) groups is 2. The van der Waals surface area contributed by atoms with Crippen molar-refractivity contribution < 1.29 is 23.9 Å². The Balaban J connectivity index is 1.81. The molecule has 0 radical (unpaired) electrons. The van der Waals surface area contributed by atoms with Crippen LogP contribution in [0.1, 0.15) is 88.2 Å². The van der Waals surface area contributed by atoms with Gasteiger partial charge in [-0.1, -0.05) is 49.7 Å². The molecular weight excluding hydrogens is 394 g/mol. The third-order valence-corrected chi connectivity index (χ3v) is 5.58. The number of carbonyl (C=O) groups excluding carboxylic acids is 2. The highest BCUT2D eigenvalue weighted by atomic mass is 16.7. The van der Waals surface area contributed by atoms with Gasteiger partial charge in [0.2, 0.25) is 0 Å². The van der Waals surface area contributed by atoms with Crippen LogP contribution in [0.15, 0.2) is 23.4 Å². The molecule has 2 rings (SSSR count). The fraction of sp³-hybridized carbons (Fsp3) is 0.640. The molecule has 1 aromatic carbocycles. The Hall–Kier alpha value is -2.37. The summed E-state index contributed by atoms with van der Waals surface area (Å²) in [6, 6.07) is 5.70. The largest absolute Gasteiger partial charge is 0.482 e. The number of hydrogen-bond acceptors (Lipinski definition) is 6. The molecule has 0 bridgehead atoms. The molecule has 172 valence electrons. The van der Waals surface area contributed by atoms with E-state index in [1.807, 2.05) is 32.0 Å². The third kappa shape index (κ3) is 11.0. The highest BCUT2D eigenvalue weighted by Crippen LogP contribution is 2.17. The maximum absolute atomic E-state index is 12.1. The van der Waals surface area contributed by atoms with Gasteiger partial charge in [-0.05, 0) is 69.2 Å². The number of ether oxygens (including phenoxy) is 2. The molecule has 1 aliphatic rings. The van der Waals surface area contributed by atoms with E-state index in [2.05, 4.69) is 5.16 Å². The van der Waals surface area contributed by atoms with Crippen molar-refractivity contribution in [3.63, 3.8) is 0 Å². The summed E-state index contributed by atoms with van der Waals surface area (Å²) >= 11 is 0. The lowest BCUT2D eigenvalue weighted by atomic mass is 10.0. The van der Waals surface area contributed by atoms with Crippen LogP contribution in [0.25, 0.3) is 0 Å². The predicted octanol–water partition coefficient (Wildman–Crippen LogP) is 5.82. The first-order chi connectivity index (χ1) is 15.0. The summed E-state index contributed by atoms with van der Waals surface area (Å²) in [7, 11) is 0. The lowest BCUT2D eigenvalue weighted by Crippen LogP contribution is -2.14. The van der Waals surface area contributed by atoms with Gasteiger partial charge in [0.1, 0.15) is 5.75 Å². The van der Waals surface area contributed by atoms with Crippen LogP contribution in [0.4, 0.5) is 0 Å². The highest BCUT2D eigenvalue weighted by Gasteiger charge is 2.09. The molecule has 1 heterocycles. The molecule has 0 unspecified atom stereocenters. The lowest BCUT2D eigenvalue weighted by molar-refractivity contribution is -0.146. The van der Waals surface area contributed by atoms with E-state index in [9.17, 15) is 9.59 Å². The molecule has 1 aliphatic heterocycles. The fourth-order valence-electron chi connectivity index (χ4n) is 3.50.